The van der Waals surface area contributed by atoms with Gasteiger partial charge in [0.15, 0.2) is 11.5 Å². The highest BCUT2D eigenvalue weighted by atomic mass is 35.5. The van der Waals surface area contributed by atoms with Gasteiger partial charge in [0.1, 0.15) is 0 Å². The molecular weight excluding hydrogens is 326 g/mol. The van der Waals surface area contributed by atoms with Crippen molar-refractivity contribution in [2.75, 3.05) is 14.2 Å². The maximum absolute atomic E-state index is 9.97. The maximum Gasteiger partial charge on any atom is 0.200 e. The first-order chi connectivity index (χ1) is 11.6. The zero-order valence-corrected chi connectivity index (χ0v) is 14.0. The van der Waals surface area contributed by atoms with E-state index in [1.54, 1.807) is 18.2 Å². The first kappa shape index (κ1) is 16.1. The second-order valence-electron chi connectivity index (χ2n) is 5.16. The summed E-state index contributed by atoms with van der Waals surface area (Å²) in [4.78, 5) is 4.56. The van der Waals surface area contributed by atoms with Crippen LogP contribution in [0.3, 0.4) is 0 Å². The van der Waals surface area contributed by atoms with Gasteiger partial charge in [-0.1, -0.05) is 35.9 Å². The minimum Gasteiger partial charge on any atom is -0.502 e. The van der Waals surface area contributed by atoms with E-state index < -0.39 is 0 Å². The Bertz CT molecular complexity index is 896. The Balaban J connectivity index is 2.03. The zero-order chi connectivity index (χ0) is 17.1. The van der Waals surface area contributed by atoms with Crippen LogP contribution in [-0.2, 0) is 0 Å². The number of methoxy groups -OCH3 is 2. The van der Waals surface area contributed by atoms with Gasteiger partial charge in [-0.3, -0.25) is 0 Å². The number of halogens is 1. The van der Waals surface area contributed by atoms with E-state index in [2.05, 4.69) is 4.98 Å². The number of hydrogen-bond donors (Lipinski definition) is 1. The first-order valence-corrected chi connectivity index (χ1v) is 7.68. The Morgan fingerprint density at radius 3 is 2.38 bits per heavy atom. The standard InChI is InChI=1S/C19H16ClNO3/c1-23-17-10-12(11-18(24-2)19(17)22)9-14(20)16-8-7-13-5-3-4-6-15(13)21-16/h3-11,22H,1-2H3/b14-9-. The van der Waals surface area contributed by atoms with Crippen molar-refractivity contribution in [2.24, 2.45) is 0 Å². The van der Waals surface area contributed by atoms with Crippen LogP contribution < -0.4 is 9.47 Å². The molecule has 2 aromatic carbocycles. The van der Waals surface area contributed by atoms with Crippen LogP contribution in [0.2, 0.25) is 0 Å². The lowest BCUT2D eigenvalue weighted by atomic mass is 10.1. The van der Waals surface area contributed by atoms with Crippen LogP contribution in [0.1, 0.15) is 11.3 Å². The number of rotatable bonds is 4. The van der Waals surface area contributed by atoms with Crippen LogP contribution in [-0.4, -0.2) is 24.3 Å². The molecule has 4 nitrogen and oxygen atoms in total. The van der Waals surface area contributed by atoms with Crippen molar-refractivity contribution >= 4 is 33.6 Å². The molecule has 0 spiro atoms. The van der Waals surface area contributed by atoms with Crippen molar-refractivity contribution in [3.8, 4) is 17.2 Å². The Morgan fingerprint density at radius 2 is 1.71 bits per heavy atom. The maximum atomic E-state index is 9.97. The van der Waals surface area contributed by atoms with E-state index in [-0.39, 0.29) is 5.75 Å². The number of para-hydroxylation sites is 1. The number of phenolic OH excluding ortho intramolecular Hbond substituents is 1. The molecule has 3 aromatic rings. The molecule has 122 valence electrons. The van der Waals surface area contributed by atoms with Crippen molar-refractivity contribution in [3.63, 3.8) is 0 Å². The van der Waals surface area contributed by atoms with E-state index in [0.717, 1.165) is 16.5 Å². The van der Waals surface area contributed by atoms with Crippen LogP contribution in [0.15, 0.2) is 48.5 Å². The summed E-state index contributed by atoms with van der Waals surface area (Å²) < 4.78 is 10.3. The van der Waals surface area contributed by atoms with Gasteiger partial charge in [0.25, 0.3) is 0 Å². The third kappa shape index (κ3) is 3.14. The molecule has 0 aliphatic rings. The Kier molecular flexibility index (Phi) is 4.58. The van der Waals surface area contributed by atoms with Gasteiger partial charge in [-0.2, -0.15) is 0 Å². The fraction of sp³-hybridized carbons (Fsp3) is 0.105. The van der Waals surface area contributed by atoms with Crippen molar-refractivity contribution in [1.29, 1.82) is 0 Å². The van der Waals surface area contributed by atoms with E-state index in [4.69, 9.17) is 21.1 Å². The van der Waals surface area contributed by atoms with E-state index >= 15 is 0 Å². The largest absolute Gasteiger partial charge is 0.502 e. The highest BCUT2D eigenvalue weighted by Gasteiger charge is 2.11. The highest BCUT2D eigenvalue weighted by Crippen LogP contribution is 2.38. The highest BCUT2D eigenvalue weighted by molar-refractivity contribution is 6.51. The third-order valence-electron chi connectivity index (χ3n) is 3.64. The summed E-state index contributed by atoms with van der Waals surface area (Å²) in [5, 5.41) is 11.5. The minimum absolute atomic E-state index is 0.0443. The Morgan fingerprint density at radius 1 is 1.04 bits per heavy atom. The average molecular weight is 342 g/mol. The lowest BCUT2D eigenvalue weighted by Crippen LogP contribution is -1.91. The molecule has 0 fully saturated rings. The van der Waals surface area contributed by atoms with E-state index in [1.165, 1.54) is 14.2 Å². The molecule has 0 unspecified atom stereocenters. The fourth-order valence-corrected chi connectivity index (χ4v) is 2.65. The van der Waals surface area contributed by atoms with Crippen LogP contribution in [0.5, 0.6) is 17.2 Å². The normalized spacial score (nSPS) is 11.5. The summed E-state index contributed by atoms with van der Waals surface area (Å²) in [5.74, 6) is 0.588. The molecule has 0 aliphatic heterocycles. The van der Waals surface area contributed by atoms with Crippen molar-refractivity contribution in [2.45, 2.75) is 0 Å². The molecule has 0 radical (unpaired) electrons. The number of nitrogens with zero attached hydrogens (tertiary/aromatic N) is 1. The summed E-state index contributed by atoms with van der Waals surface area (Å²) in [6, 6.07) is 15.1. The molecule has 0 saturated heterocycles. The molecule has 3 rings (SSSR count). The molecule has 24 heavy (non-hydrogen) atoms. The Labute approximate surface area is 144 Å². The molecule has 0 bridgehead atoms. The smallest absolute Gasteiger partial charge is 0.200 e. The van der Waals surface area contributed by atoms with Gasteiger partial charge >= 0.3 is 0 Å². The van der Waals surface area contributed by atoms with Crippen molar-refractivity contribution in [1.82, 2.24) is 4.98 Å². The topological polar surface area (TPSA) is 51.6 Å². The summed E-state index contributed by atoms with van der Waals surface area (Å²) in [7, 11) is 2.96. The lowest BCUT2D eigenvalue weighted by Gasteiger charge is -2.10. The molecule has 0 atom stereocenters. The second-order valence-corrected chi connectivity index (χ2v) is 5.56. The second kappa shape index (κ2) is 6.81. The van der Waals surface area contributed by atoms with E-state index in [9.17, 15) is 5.11 Å². The SMILES string of the molecule is COc1cc(/C=C(\Cl)c2ccc3ccccc3n2)cc(OC)c1O. The van der Waals surface area contributed by atoms with Crippen LogP contribution in [0.4, 0.5) is 0 Å². The van der Waals surface area contributed by atoms with E-state index in [1.807, 2.05) is 36.4 Å². The number of phenols is 1. The molecule has 5 heteroatoms. The summed E-state index contributed by atoms with van der Waals surface area (Å²) in [6.07, 6.45) is 1.75. The van der Waals surface area contributed by atoms with Crippen molar-refractivity contribution in [3.05, 3.63) is 59.8 Å². The molecule has 0 amide bonds. The minimum atomic E-state index is -0.0443. The summed E-state index contributed by atoms with van der Waals surface area (Å²) in [6.45, 7) is 0. The first-order valence-electron chi connectivity index (χ1n) is 7.30. The fourth-order valence-electron chi connectivity index (χ4n) is 2.42. The van der Waals surface area contributed by atoms with Gasteiger partial charge in [0.05, 0.1) is 30.5 Å². The van der Waals surface area contributed by atoms with Gasteiger partial charge < -0.3 is 14.6 Å². The van der Waals surface area contributed by atoms with Crippen LogP contribution in [0, 0.1) is 0 Å². The van der Waals surface area contributed by atoms with Gasteiger partial charge in [-0.15, -0.1) is 0 Å². The van der Waals surface area contributed by atoms with Gasteiger partial charge in [-0.05, 0) is 35.9 Å². The Hall–Kier alpha value is -2.72. The molecule has 0 aliphatic carbocycles. The molecule has 1 N–H and O–H groups in total. The van der Waals surface area contributed by atoms with Crippen LogP contribution >= 0.6 is 11.6 Å². The number of pyridine rings is 1. The summed E-state index contributed by atoms with van der Waals surface area (Å²) >= 11 is 6.43. The predicted octanol–water partition coefficient (Wildman–Crippen LogP) is 4.69. The number of aromatic nitrogens is 1. The molecule has 1 heterocycles. The zero-order valence-electron chi connectivity index (χ0n) is 13.3. The van der Waals surface area contributed by atoms with E-state index in [0.29, 0.717) is 22.2 Å². The lowest BCUT2D eigenvalue weighted by molar-refractivity contribution is 0.340. The van der Waals surface area contributed by atoms with Gasteiger partial charge in [0, 0.05) is 5.39 Å². The number of ether oxygens (including phenoxy) is 2. The van der Waals surface area contributed by atoms with Crippen molar-refractivity contribution < 1.29 is 14.6 Å². The summed E-state index contributed by atoms with van der Waals surface area (Å²) in [5.41, 5.74) is 2.28. The van der Waals surface area contributed by atoms with Gasteiger partial charge in [0.2, 0.25) is 5.75 Å². The monoisotopic (exact) mass is 341 g/mol. The molecular formula is C19H16ClNO3. The van der Waals surface area contributed by atoms with Crippen LogP contribution in [0.25, 0.3) is 22.0 Å². The predicted molar refractivity (Wildman–Crippen MR) is 96.7 cm³/mol. The molecule has 0 saturated carbocycles. The molecule has 1 aromatic heterocycles. The number of hydrogen-bond acceptors (Lipinski definition) is 4. The number of aromatic hydroxyl groups is 1. The third-order valence-corrected chi connectivity index (χ3v) is 3.94. The average Bonchev–Trinajstić information content (AvgIpc) is 2.62. The quantitative estimate of drug-likeness (QED) is 0.747. The number of fused-ring (bicyclic) bond motifs is 1. The number of benzene rings is 2. The van der Waals surface area contributed by atoms with Gasteiger partial charge in [-0.25, -0.2) is 4.98 Å².